The van der Waals surface area contributed by atoms with Crippen molar-refractivity contribution in [3.8, 4) is 0 Å². The van der Waals surface area contributed by atoms with Gasteiger partial charge in [-0.1, -0.05) is 24.3 Å². The molecule has 0 heterocycles. The zero-order chi connectivity index (χ0) is 5.15. The molecule has 1 heteroatoms. The molecule has 0 unspecified atom stereocenters. The fraction of sp³-hybridized carbons (Fsp3) is 0.167. The molecule has 0 aliphatic rings. The smallest absolute Gasteiger partial charge is 0.0959 e. The molecule has 0 spiro atoms. The molecule has 0 fully saturated rings. The number of rotatable bonds is 1. The quantitative estimate of drug-likeness (QED) is 0.306. The molecule has 0 aliphatic carbocycles. The summed E-state index contributed by atoms with van der Waals surface area (Å²) in [5.74, 6) is 0. The Morgan fingerprint density at radius 1 is 1.29 bits per heavy atom. The van der Waals surface area contributed by atoms with Crippen molar-refractivity contribution >= 4 is 0 Å². The Morgan fingerprint density at radius 2 is 1.43 bits per heavy atom. The van der Waals surface area contributed by atoms with Gasteiger partial charge in [0.25, 0.3) is 0 Å². The zero-order valence-electron chi connectivity index (χ0n) is 5.12. The molecule has 1 radical (unpaired) electrons. The van der Waals surface area contributed by atoms with E-state index < -0.39 is 0 Å². The second-order valence-corrected chi connectivity index (χ2v) is 1.38. The second-order valence-electron chi connectivity index (χ2n) is 1.38. The molecule has 0 saturated heterocycles. The minimum Gasteiger partial charge on any atom is -0.0959 e. The summed E-state index contributed by atoms with van der Waals surface area (Å²) in [5, 5.41) is 0. The summed E-state index contributed by atoms with van der Waals surface area (Å²) in [5.41, 5.74) is 1.77. The molecule has 0 atom stereocenters. The summed E-state index contributed by atoms with van der Waals surface area (Å²) in [4.78, 5) is 0. The standard InChI is InChI=1S/C6H9.K/c1-5(2)6(3)4;/h1-3H2,4H3;/q;+1. The first-order chi connectivity index (χ1) is 2.64. The molecule has 0 saturated carbocycles. The molecule has 0 nitrogen and oxygen atoms in total. The largest absolute Gasteiger partial charge is 1.00 e. The maximum absolute atomic E-state index is 3.59. The van der Waals surface area contributed by atoms with Crippen LogP contribution >= 0.6 is 0 Å². The van der Waals surface area contributed by atoms with Crippen LogP contribution in [0.2, 0.25) is 0 Å². The van der Waals surface area contributed by atoms with Gasteiger partial charge in [0.15, 0.2) is 0 Å². The third-order valence-electron chi connectivity index (χ3n) is 0.604. The van der Waals surface area contributed by atoms with Gasteiger partial charge in [-0.15, -0.1) is 0 Å². The van der Waals surface area contributed by atoms with E-state index >= 15 is 0 Å². The summed E-state index contributed by atoms with van der Waals surface area (Å²) >= 11 is 0. The van der Waals surface area contributed by atoms with Crippen molar-refractivity contribution in [3.05, 3.63) is 31.2 Å². The van der Waals surface area contributed by atoms with Crippen LogP contribution in [0.15, 0.2) is 24.3 Å². The Balaban J connectivity index is 0. The van der Waals surface area contributed by atoms with Crippen LogP contribution in [0.5, 0.6) is 0 Å². The van der Waals surface area contributed by atoms with Crippen LogP contribution in [-0.2, 0) is 0 Å². The van der Waals surface area contributed by atoms with Gasteiger partial charge in [0.2, 0.25) is 0 Å². The van der Waals surface area contributed by atoms with Gasteiger partial charge in [-0.25, -0.2) is 0 Å². The third-order valence-corrected chi connectivity index (χ3v) is 0.604. The van der Waals surface area contributed by atoms with Crippen LogP contribution in [0.1, 0.15) is 6.92 Å². The van der Waals surface area contributed by atoms with Crippen LogP contribution < -0.4 is 51.4 Å². The third kappa shape index (κ3) is 7.12. The Kier molecular flexibility index (Phi) is 8.25. The number of hydrogen-bond donors (Lipinski definition) is 0. The molecule has 0 rings (SSSR count). The van der Waals surface area contributed by atoms with Crippen molar-refractivity contribution < 1.29 is 51.4 Å². The average Bonchev–Trinajstić information content (AvgIpc) is 1.36. The maximum Gasteiger partial charge on any atom is 1.00 e. The molecule has 7 heavy (non-hydrogen) atoms. The normalized spacial score (nSPS) is 6.57. The van der Waals surface area contributed by atoms with Crippen molar-refractivity contribution in [1.29, 1.82) is 0 Å². The van der Waals surface area contributed by atoms with Crippen molar-refractivity contribution in [2.45, 2.75) is 6.92 Å². The number of allylic oxidation sites excluding steroid dienone is 2. The molecular weight excluding hydrogens is 111 g/mol. The van der Waals surface area contributed by atoms with Crippen molar-refractivity contribution in [2.75, 3.05) is 0 Å². The van der Waals surface area contributed by atoms with Gasteiger partial charge < -0.3 is 0 Å². The average molecular weight is 120 g/mol. The minimum absolute atomic E-state index is 0. The fourth-order valence-corrected chi connectivity index (χ4v) is 0. The minimum atomic E-state index is 0. The van der Waals surface area contributed by atoms with Gasteiger partial charge in [-0.05, 0) is 13.8 Å². The second kappa shape index (κ2) is 5.26. The van der Waals surface area contributed by atoms with E-state index in [9.17, 15) is 0 Å². The summed E-state index contributed by atoms with van der Waals surface area (Å²) in [6.45, 7) is 12.6. The van der Waals surface area contributed by atoms with Crippen molar-refractivity contribution in [1.82, 2.24) is 0 Å². The molecule has 0 aliphatic heterocycles. The molecule has 0 aromatic carbocycles. The van der Waals surface area contributed by atoms with E-state index in [1.807, 2.05) is 6.92 Å². The van der Waals surface area contributed by atoms with Crippen LogP contribution in [0.25, 0.3) is 0 Å². The van der Waals surface area contributed by atoms with E-state index in [0.29, 0.717) is 0 Å². The van der Waals surface area contributed by atoms with E-state index in [0.717, 1.165) is 11.1 Å². The van der Waals surface area contributed by atoms with Gasteiger partial charge in [-0.3, -0.25) is 0 Å². The summed E-state index contributed by atoms with van der Waals surface area (Å²) < 4.78 is 0. The topological polar surface area (TPSA) is 0 Å². The summed E-state index contributed by atoms with van der Waals surface area (Å²) in [6.07, 6.45) is 0. The van der Waals surface area contributed by atoms with E-state index in [4.69, 9.17) is 0 Å². The molecule has 0 aromatic rings. The Hall–Kier alpha value is 1.12. The molecule has 0 bridgehead atoms. The van der Waals surface area contributed by atoms with E-state index in [1.165, 1.54) is 0 Å². The first-order valence-electron chi connectivity index (χ1n) is 1.81. The Morgan fingerprint density at radius 3 is 1.43 bits per heavy atom. The molecule has 33 valence electrons. The SMILES string of the molecule is [CH2]C(=C)C(=C)C.[K+]. The molecular formula is C6H9K+. The molecule has 0 amide bonds. The van der Waals surface area contributed by atoms with Crippen molar-refractivity contribution in [3.63, 3.8) is 0 Å². The molecule has 0 N–H and O–H groups in total. The predicted molar refractivity (Wildman–Crippen MR) is 29.3 cm³/mol. The molecule has 0 aromatic heterocycles. The van der Waals surface area contributed by atoms with Crippen LogP contribution in [0.3, 0.4) is 0 Å². The van der Waals surface area contributed by atoms with Crippen LogP contribution in [-0.4, -0.2) is 0 Å². The maximum atomic E-state index is 3.59. The summed E-state index contributed by atoms with van der Waals surface area (Å²) in [6, 6.07) is 0. The Labute approximate surface area is 88.1 Å². The van der Waals surface area contributed by atoms with Gasteiger partial charge in [0, 0.05) is 0 Å². The van der Waals surface area contributed by atoms with E-state index in [-0.39, 0.29) is 51.4 Å². The van der Waals surface area contributed by atoms with Gasteiger partial charge >= 0.3 is 51.4 Å². The first kappa shape index (κ1) is 11.0. The van der Waals surface area contributed by atoms with Crippen LogP contribution in [0.4, 0.5) is 0 Å². The van der Waals surface area contributed by atoms with E-state index in [2.05, 4.69) is 20.1 Å². The zero-order valence-corrected chi connectivity index (χ0v) is 8.24. The van der Waals surface area contributed by atoms with E-state index in [1.54, 1.807) is 0 Å². The van der Waals surface area contributed by atoms with Crippen LogP contribution in [0, 0.1) is 6.92 Å². The van der Waals surface area contributed by atoms with Crippen molar-refractivity contribution in [2.24, 2.45) is 0 Å². The Bertz CT molecular complexity index is 70.2. The van der Waals surface area contributed by atoms with Gasteiger partial charge in [-0.2, -0.15) is 0 Å². The summed E-state index contributed by atoms with van der Waals surface area (Å²) in [7, 11) is 0. The predicted octanol–water partition coefficient (Wildman–Crippen LogP) is -1.04. The monoisotopic (exact) mass is 120 g/mol. The fourth-order valence-electron chi connectivity index (χ4n) is 0. The van der Waals surface area contributed by atoms with Gasteiger partial charge in [0.05, 0.1) is 0 Å². The number of hydrogen-bond acceptors (Lipinski definition) is 0. The first-order valence-corrected chi connectivity index (χ1v) is 1.81. The van der Waals surface area contributed by atoms with Gasteiger partial charge in [0.1, 0.15) is 0 Å².